The quantitative estimate of drug-likeness (QED) is 0.332. The SMILES string of the molecule is C=C1CC[C@H](OC(=O)C2CCCCC2)C/C1=C/C=C1\CCC[C@]2(C)[C@@H]([C@H](C)CCCC(C)(C)O)CC[C@@H]12. The zero-order valence-electron chi connectivity index (χ0n) is 24.3. The smallest absolute Gasteiger partial charge is 0.309 e. The molecule has 0 aromatic rings. The molecule has 0 radical (unpaired) electrons. The normalized spacial score (nSPS) is 34.5. The van der Waals surface area contributed by atoms with Crippen LogP contribution in [0.5, 0.6) is 0 Å². The molecule has 0 unspecified atom stereocenters. The monoisotopic (exact) mass is 510 g/mol. The summed E-state index contributed by atoms with van der Waals surface area (Å²) >= 11 is 0. The largest absolute Gasteiger partial charge is 0.462 e. The van der Waals surface area contributed by atoms with Crippen molar-refractivity contribution in [2.75, 3.05) is 0 Å². The van der Waals surface area contributed by atoms with E-state index in [-0.39, 0.29) is 18.0 Å². The van der Waals surface area contributed by atoms with Crippen molar-refractivity contribution >= 4 is 5.97 Å². The highest BCUT2D eigenvalue weighted by Crippen LogP contribution is 2.60. The number of fused-ring (bicyclic) bond motifs is 1. The second-order valence-electron chi connectivity index (χ2n) is 14.0. The van der Waals surface area contributed by atoms with Crippen molar-refractivity contribution in [1.29, 1.82) is 0 Å². The molecule has 4 saturated carbocycles. The van der Waals surface area contributed by atoms with Crippen LogP contribution in [0.1, 0.15) is 130 Å². The van der Waals surface area contributed by atoms with Gasteiger partial charge < -0.3 is 9.84 Å². The fraction of sp³-hybridized carbons (Fsp3) is 0.794. The molecule has 4 aliphatic rings. The van der Waals surface area contributed by atoms with Gasteiger partial charge in [0.05, 0.1) is 11.5 Å². The minimum atomic E-state index is -0.549. The summed E-state index contributed by atoms with van der Waals surface area (Å²) in [5.41, 5.74) is 4.01. The molecule has 3 nitrogen and oxygen atoms in total. The molecule has 0 aliphatic heterocycles. The van der Waals surface area contributed by atoms with Gasteiger partial charge in [-0.1, -0.05) is 75.8 Å². The van der Waals surface area contributed by atoms with E-state index in [2.05, 4.69) is 32.6 Å². The van der Waals surface area contributed by atoms with Gasteiger partial charge in [0.15, 0.2) is 0 Å². The summed E-state index contributed by atoms with van der Waals surface area (Å²) in [5.74, 6) is 2.36. The van der Waals surface area contributed by atoms with Crippen molar-refractivity contribution in [3.05, 3.63) is 35.5 Å². The average molecular weight is 511 g/mol. The molecule has 4 aliphatic carbocycles. The Morgan fingerprint density at radius 1 is 1.11 bits per heavy atom. The lowest BCUT2D eigenvalue weighted by atomic mass is 9.60. The Morgan fingerprint density at radius 2 is 1.86 bits per heavy atom. The molecule has 0 heterocycles. The molecular weight excluding hydrogens is 456 g/mol. The van der Waals surface area contributed by atoms with E-state index >= 15 is 0 Å². The van der Waals surface area contributed by atoms with Crippen LogP contribution in [-0.2, 0) is 9.53 Å². The maximum atomic E-state index is 12.7. The molecule has 0 bridgehead atoms. The van der Waals surface area contributed by atoms with E-state index in [9.17, 15) is 9.90 Å². The molecular formula is C34H54O3. The van der Waals surface area contributed by atoms with Gasteiger partial charge in [-0.3, -0.25) is 4.79 Å². The first-order valence-electron chi connectivity index (χ1n) is 15.6. The third-order valence-electron chi connectivity index (χ3n) is 10.6. The van der Waals surface area contributed by atoms with E-state index in [1.165, 1.54) is 68.9 Å². The molecule has 0 spiro atoms. The van der Waals surface area contributed by atoms with Gasteiger partial charge in [0.2, 0.25) is 0 Å². The molecule has 208 valence electrons. The minimum absolute atomic E-state index is 0.0156. The van der Waals surface area contributed by atoms with Gasteiger partial charge in [-0.25, -0.2) is 0 Å². The van der Waals surface area contributed by atoms with Crippen molar-refractivity contribution in [2.24, 2.45) is 29.1 Å². The van der Waals surface area contributed by atoms with Gasteiger partial charge >= 0.3 is 5.97 Å². The number of hydrogen-bond acceptors (Lipinski definition) is 3. The molecule has 0 aromatic carbocycles. The Kier molecular flexibility index (Phi) is 9.47. The number of ether oxygens (including phenoxy) is 1. The predicted molar refractivity (Wildman–Crippen MR) is 153 cm³/mol. The molecule has 0 aromatic heterocycles. The topological polar surface area (TPSA) is 46.5 Å². The summed E-state index contributed by atoms with van der Waals surface area (Å²) in [6.07, 6.45) is 22.8. The van der Waals surface area contributed by atoms with Crippen LogP contribution in [0.25, 0.3) is 0 Å². The molecule has 5 atom stereocenters. The van der Waals surface area contributed by atoms with Crippen LogP contribution in [0.15, 0.2) is 35.5 Å². The number of carbonyl (C=O) groups excluding carboxylic acids is 1. The summed E-state index contributed by atoms with van der Waals surface area (Å²) in [4.78, 5) is 12.7. The van der Waals surface area contributed by atoms with E-state index in [1.807, 2.05) is 13.8 Å². The van der Waals surface area contributed by atoms with Gasteiger partial charge in [0.1, 0.15) is 6.10 Å². The summed E-state index contributed by atoms with van der Waals surface area (Å²) in [7, 11) is 0. The number of allylic oxidation sites excluding steroid dienone is 4. The summed E-state index contributed by atoms with van der Waals surface area (Å²) < 4.78 is 6.02. The summed E-state index contributed by atoms with van der Waals surface area (Å²) in [6.45, 7) is 13.3. The van der Waals surface area contributed by atoms with Gasteiger partial charge in [0, 0.05) is 6.42 Å². The first kappa shape index (κ1) is 28.7. The fourth-order valence-corrected chi connectivity index (χ4v) is 8.35. The maximum absolute atomic E-state index is 12.7. The van der Waals surface area contributed by atoms with Gasteiger partial charge in [-0.2, -0.15) is 0 Å². The van der Waals surface area contributed by atoms with Crippen molar-refractivity contribution in [2.45, 2.75) is 142 Å². The summed E-state index contributed by atoms with van der Waals surface area (Å²) in [6, 6.07) is 0. The van der Waals surface area contributed by atoms with Gasteiger partial charge in [-0.15, -0.1) is 0 Å². The molecule has 37 heavy (non-hydrogen) atoms. The minimum Gasteiger partial charge on any atom is -0.462 e. The first-order chi connectivity index (χ1) is 17.6. The maximum Gasteiger partial charge on any atom is 0.309 e. The average Bonchev–Trinajstić information content (AvgIpc) is 3.21. The summed E-state index contributed by atoms with van der Waals surface area (Å²) in [5, 5.41) is 10.1. The molecule has 4 rings (SSSR count). The second-order valence-corrected chi connectivity index (χ2v) is 14.0. The van der Waals surface area contributed by atoms with Crippen LogP contribution in [0.2, 0.25) is 0 Å². The van der Waals surface area contributed by atoms with Crippen LogP contribution < -0.4 is 0 Å². The Bertz CT molecular complexity index is 868. The zero-order valence-corrected chi connectivity index (χ0v) is 24.3. The first-order valence-corrected chi connectivity index (χ1v) is 15.6. The van der Waals surface area contributed by atoms with Gasteiger partial charge in [0.25, 0.3) is 0 Å². The molecule has 4 fully saturated rings. The Labute approximate surface area is 227 Å². The lowest BCUT2D eigenvalue weighted by Gasteiger charge is -2.44. The van der Waals surface area contributed by atoms with Crippen molar-refractivity contribution in [3.63, 3.8) is 0 Å². The van der Waals surface area contributed by atoms with Crippen LogP contribution >= 0.6 is 0 Å². The highest BCUT2D eigenvalue weighted by molar-refractivity contribution is 5.72. The Hall–Kier alpha value is -1.35. The number of carbonyl (C=O) groups is 1. The van der Waals surface area contributed by atoms with E-state index in [0.29, 0.717) is 17.3 Å². The van der Waals surface area contributed by atoms with Crippen LogP contribution in [-0.4, -0.2) is 22.8 Å². The van der Waals surface area contributed by atoms with Crippen LogP contribution in [0.4, 0.5) is 0 Å². The number of aliphatic hydroxyl groups is 1. The van der Waals surface area contributed by atoms with Crippen molar-refractivity contribution in [1.82, 2.24) is 0 Å². The van der Waals surface area contributed by atoms with E-state index < -0.39 is 5.60 Å². The lowest BCUT2D eigenvalue weighted by Crippen LogP contribution is -2.36. The molecule has 1 N–H and O–H groups in total. The van der Waals surface area contributed by atoms with Crippen LogP contribution in [0.3, 0.4) is 0 Å². The highest BCUT2D eigenvalue weighted by atomic mass is 16.5. The van der Waals surface area contributed by atoms with Crippen molar-refractivity contribution in [3.8, 4) is 0 Å². The van der Waals surface area contributed by atoms with Crippen molar-refractivity contribution < 1.29 is 14.6 Å². The Morgan fingerprint density at radius 3 is 2.59 bits per heavy atom. The lowest BCUT2D eigenvalue weighted by molar-refractivity contribution is -0.155. The molecule has 0 saturated heterocycles. The van der Waals surface area contributed by atoms with E-state index in [0.717, 1.165) is 50.9 Å². The fourth-order valence-electron chi connectivity index (χ4n) is 8.35. The second kappa shape index (κ2) is 12.2. The van der Waals surface area contributed by atoms with E-state index in [1.54, 1.807) is 5.57 Å². The van der Waals surface area contributed by atoms with Gasteiger partial charge in [-0.05, 0) is 107 Å². The third-order valence-corrected chi connectivity index (χ3v) is 10.6. The number of esters is 1. The Balaban J connectivity index is 1.38. The number of rotatable bonds is 8. The highest BCUT2D eigenvalue weighted by Gasteiger charge is 2.50. The number of hydrogen-bond donors (Lipinski definition) is 1. The standard InChI is InChI=1S/C34H54O3/c1-24-15-18-29(37-32(35)27-12-7-6-8-13-27)23-28(24)17-16-26-14-10-22-34(5)30(19-20-31(26)34)25(2)11-9-21-33(3,4)36/h16-17,25,27,29-31,36H,1,6-15,18-23H2,2-5H3/b26-16+,28-17-/t25-,29+,30-,31+,34-/m1/s1. The third kappa shape index (κ3) is 7.20. The zero-order chi connectivity index (χ0) is 26.6. The predicted octanol–water partition coefficient (Wildman–Crippen LogP) is 8.87. The molecule has 0 amide bonds. The van der Waals surface area contributed by atoms with E-state index in [4.69, 9.17) is 4.74 Å². The molecule has 3 heteroatoms. The van der Waals surface area contributed by atoms with Crippen LogP contribution in [0, 0.1) is 29.1 Å².